The van der Waals surface area contributed by atoms with Gasteiger partial charge in [0.15, 0.2) is 5.96 Å². The van der Waals surface area contributed by atoms with Crippen LogP contribution in [0.3, 0.4) is 0 Å². The molecule has 3 aliphatic rings. The molecule has 1 atom stereocenters. The molecule has 0 aromatic carbocycles. The molecule has 132 valence electrons. The summed E-state index contributed by atoms with van der Waals surface area (Å²) < 4.78 is 0. The second-order valence-corrected chi connectivity index (χ2v) is 6.73. The molecule has 0 spiro atoms. The lowest BCUT2D eigenvalue weighted by molar-refractivity contribution is -0.120. The van der Waals surface area contributed by atoms with Crippen LogP contribution in [-0.2, 0) is 4.79 Å². The zero-order valence-corrected chi connectivity index (χ0v) is 16.4. The Bertz CT molecular complexity index is 421. The zero-order chi connectivity index (χ0) is 15.4. The molecule has 7 heteroatoms. The van der Waals surface area contributed by atoms with E-state index >= 15 is 0 Å². The van der Waals surface area contributed by atoms with Crippen molar-refractivity contribution in [2.24, 2.45) is 4.99 Å². The summed E-state index contributed by atoms with van der Waals surface area (Å²) in [6, 6.07) is 1.07. The summed E-state index contributed by atoms with van der Waals surface area (Å²) in [5.74, 6) is 0.945. The first kappa shape index (κ1) is 18.8. The molecule has 0 bridgehead atoms. The molecule has 0 radical (unpaired) electrons. The van der Waals surface area contributed by atoms with Crippen LogP contribution < -0.4 is 10.6 Å². The van der Waals surface area contributed by atoms with Gasteiger partial charge in [-0.15, -0.1) is 24.0 Å². The van der Waals surface area contributed by atoms with Crippen LogP contribution in [0.15, 0.2) is 4.99 Å². The van der Waals surface area contributed by atoms with Crippen molar-refractivity contribution >= 4 is 35.8 Å². The largest absolute Gasteiger partial charge is 0.352 e. The van der Waals surface area contributed by atoms with E-state index in [-0.39, 0.29) is 29.9 Å². The van der Waals surface area contributed by atoms with E-state index in [1.54, 1.807) is 7.05 Å². The van der Waals surface area contributed by atoms with E-state index in [0.717, 1.165) is 31.9 Å². The Morgan fingerprint density at radius 2 is 1.87 bits per heavy atom. The molecular weight excluding hydrogens is 405 g/mol. The van der Waals surface area contributed by atoms with E-state index in [0.29, 0.717) is 18.6 Å². The third kappa shape index (κ3) is 5.48. The molecule has 1 saturated carbocycles. The number of carbonyl (C=O) groups is 1. The summed E-state index contributed by atoms with van der Waals surface area (Å²) in [4.78, 5) is 21.1. The van der Waals surface area contributed by atoms with Crippen LogP contribution in [0.5, 0.6) is 0 Å². The topological polar surface area (TPSA) is 60.0 Å². The molecule has 2 aliphatic heterocycles. The van der Waals surface area contributed by atoms with Gasteiger partial charge in [-0.3, -0.25) is 14.7 Å². The molecule has 3 fully saturated rings. The number of likely N-dealkylation sites (tertiary alicyclic amines) is 2. The molecule has 1 aliphatic carbocycles. The van der Waals surface area contributed by atoms with Gasteiger partial charge >= 0.3 is 0 Å². The van der Waals surface area contributed by atoms with Gasteiger partial charge in [0.2, 0.25) is 5.91 Å². The number of hydrogen-bond donors (Lipinski definition) is 2. The molecule has 1 unspecified atom stereocenters. The number of nitrogens with one attached hydrogen (secondary N) is 2. The first-order chi connectivity index (χ1) is 10.8. The first-order valence-electron chi connectivity index (χ1n) is 8.75. The van der Waals surface area contributed by atoms with Gasteiger partial charge in [-0.25, -0.2) is 0 Å². The number of rotatable bonds is 4. The van der Waals surface area contributed by atoms with Crippen molar-refractivity contribution in [2.75, 3.05) is 39.8 Å². The molecule has 0 aromatic heterocycles. The van der Waals surface area contributed by atoms with Crippen molar-refractivity contribution in [3.8, 4) is 0 Å². The van der Waals surface area contributed by atoms with Gasteiger partial charge in [0.1, 0.15) is 0 Å². The second kappa shape index (κ2) is 9.05. The quantitative estimate of drug-likeness (QED) is 0.394. The average molecular weight is 435 g/mol. The lowest BCUT2D eigenvalue weighted by atomic mass is 10.1. The number of hydrogen-bond acceptors (Lipinski definition) is 3. The van der Waals surface area contributed by atoms with Gasteiger partial charge in [-0.05, 0) is 45.2 Å². The number of halogens is 1. The van der Waals surface area contributed by atoms with E-state index < -0.39 is 0 Å². The maximum Gasteiger partial charge on any atom is 0.239 e. The summed E-state index contributed by atoms with van der Waals surface area (Å²) in [5, 5.41) is 6.21. The molecule has 2 heterocycles. The van der Waals surface area contributed by atoms with Crippen molar-refractivity contribution in [1.29, 1.82) is 0 Å². The van der Waals surface area contributed by atoms with E-state index in [1.807, 2.05) is 0 Å². The van der Waals surface area contributed by atoms with E-state index in [1.165, 1.54) is 38.8 Å². The third-order valence-electron chi connectivity index (χ3n) is 4.93. The fourth-order valence-corrected chi connectivity index (χ4v) is 3.51. The van der Waals surface area contributed by atoms with E-state index in [4.69, 9.17) is 0 Å². The summed E-state index contributed by atoms with van der Waals surface area (Å²) in [6.45, 7) is 4.88. The fourth-order valence-electron chi connectivity index (χ4n) is 3.51. The fraction of sp³-hybridized carbons (Fsp3) is 0.875. The normalized spacial score (nSPS) is 25.9. The van der Waals surface area contributed by atoms with Gasteiger partial charge in [0, 0.05) is 32.2 Å². The Labute approximate surface area is 156 Å². The van der Waals surface area contributed by atoms with Crippen molar-refractivity contribution in [1.82, 2.24) is 20.4 Å². The van der Waals surface area contributed by atoms with E-state index in [9.17, 15) is 4.79 Å². The van der Waals surface area contributed by atoms with Gasteiger partial charge in [0.25, 0.3) is 0 Å². The Morgan fingerprint density at radius 3 is 2.52 bits per heavy atom. The Morgan fingerprint density at radius 1 is 1.13 bits per heavy atom. The lowest BCUT2D eigenvalue weighted by Crippen LogP contribution is -2.47. The summed E-state index contributed by atoms with van der Waals surface area (Å²) >= 11 is 0. The standard InChI is InChI=1S/C16H29N5O.HI/c1-17-16(18-11-15(22)19-13-5-6-13)21-10-7-14(12-21)20-8-3-2-4-9-20;/h13-14H,2-12H2,1H3,(H,17,18)(H,19,22);1H. The molecule has 3 rings (SSSR count). The predicted molar refractivity (Wildman–Crippen MR) is 103 cm³/mol. The monoisotopic (exact) mass is 435 g/mol. The van der Waals surface area contributed by atoms with Crippen LogP contribution >= 0.6 is 24.0 Å². The van der Waals surface area contributed by atoms with Crippen LogP contribution in [0.2, 0.25) is 0 Å². The highest BCUT2D eigenvalue weighted by molar-refractivity contribution is 14.0. The third-order valence-corrected chi connectivity index (χ3v) is 4.93. The zero-order valence-electron chi connectivity index (χ0n) is 14.1. The van der Waals surface area contributed by atoms with Crippen LogP contribution in [0.1, 0.15) is 38.5 Å². The summed E-state index contributed by atoms with van der Waals surface area (Å²) in [5.41, 5.74) is 0. The van der Waals surface area contributed by atoms with Gasteiger partial charge < -0.3 is 15.5 Å². The second-order valence-electron chi connectivity index (χ2n) is 6.73. The van der Waals surface area contributed by atoms with Crippen LogP contribution in [-0.4, -0.2) is 73.5 Å². The van der Waals surface area contributed by atoms with E-state index in [2.05, 4.69) is 25.4 Å². The maximum absolute atomic E-state index is 11.8. The molecule has 1 amide bonds. The smallest absolute Gasteiger partial charge is 0.239 e. The number of amides is 1. The maximum atomic E-state index is 11.8. The van der Waals surface area contributed by atoms with Crippen LogP contribution in [0.4, 0.5) is 0 Å². The van der Waals surface area contributed by atoms with Gasteiger partial charge in [-0.2, -0.15) is 0 Å². The Hall–Kier alpha value is -0.570. The number of piperidine rings is 1. The van der Waals surface area contributed by atoms with Crippen LogP contribution in [0, 0.1) is 0 Å². The number of guanidine groups is 1. The minimum Gasteiger partial charge on any atom is -0.352 e. The number of carbonyl (C=O) groups excluding carboxylic acids is 1. The highest BCUT2D eigenvalue weighted by Crippen LogP contribution is 2.20. The Kier molecular flexibility index (Phi) is 7.39. The molecular formula is C16H30IN5O. The SMILES string of the molecule is CN=C(NCC(=O)NC1CC1)N1CCC(N2CCCCC2)C1.I. The lowest BCUT2D eigenvalue weighted by Gasteiger charge is -2.32. The van der Waals surface area contributed by atoms with Crippen molar-refractivity contribution < 1.29 is 4.79 Å². The molecule has 23 heavy (non-hydrogen) atoms. The molecule has 6 nitrogen and oxygen atoms in total. The minimum absolute atomic E-state index is 0. The van der Waals surface area contributed by atoms with Gasteiger partial charge in [-0.1, -0.05) is 6.42 Å². The highest BCUT2D eigenvalue weighted by atomic mass is 127. The van der Waals surface area contributed by atoms with Crippen LogP contribution in [0.25, 0.3) is 0 Å². The molecule has 2 N–H and O–H groups in total. The Balaban J connectivity index is 0.00000192. The van der Waals surface area contributed by atoms with Crippen molar-refractivity contribution in [3.05, 3.63) is 0 Å². The summed E-state index contributed by atoms with van der Waals surface area (Å²) in [6.07, 6.45) is 7.52. The summed E-state index contributed by atoms with van der Waals surface area (Å²) in [7, 11) is 1.80. The molecule has 2 saturated heterocycles. The van der Waals surface area contributed by atoms with Crippen molar-refractivity contribution in [2.45, 2.75) is 50.6 Å². The first-order valence-corrected chi connectivity index (χ1v) is 8.75. The minimum atomic E-state index is 0. The highest BCUT2D eigenvalue weighted by Gasteiger charge is 2.30. The van der Waals surface area contributed by atoms with Gasteiger partial charge in [0.05, 0.1) is 6.54 Å². The van der Waals surface area contributed by atoms with Crippen molar-refractivity contribution in [3.63, 3.8) is 0 Å². The number of aliphatic imine (C=N–C) groups is 1. The average Bonchev–Trinajstić information content (AvgIpc) is 3.22. The number of nitrogens with zero attached hydrogens (tertiary/aromatic N) is 3. The predicted octanol–water partition coefficient (Wildman–Crippen LogP) is 1.02. The molecule has 0 aromatic rings.